The molecule has 0 aliphatic carbocycles. The molecule has 0 bridgehead atoms. The van der Waals surface area contributed by atoms with Crippen molar-refractivity contribution < 1.29 is 0 Å². The number of aromatic nitrogens is 2. The van der Waals surface area contributed by atoms with Crippen molar-refractivity contribution in [2.75, 3.05) is 0 Å². The monoisotopic (exact) mass is 354 g/mol. The van der Waals surface area contributed by atoms with E-state index in [1.807, 2.05) is 0 Å². The molecule has 4 rings (SSSR count). The first-order chi connectivity index (χ1) is 13.2. The number of hydrogen-bond donors (Lipinski definition) is 0. The quantitative estimate of drug-likeness (QED) is 0.404. The Balaban J connectivity index is 1.68. The average molecular weight is 354 g/mol. The van der Waals surface area contributed by atoms with E-state index in [1.165, 1.54) is 28.6 Å². The lowest BCUT2D eigenvalue weighted by molar-refractivity contribution is 0.729. The standard InChI is InChI=1S/C25H26N2/c1-3-19(2)22-15-13-21(14-16-22)18-27-24-12-8-7-11-23(24)26-25(27)17-20-9-5-4-6-10-20/h4-16,19H,3,17-18H2,1-2H3/t19-/m0/s1. The van der Waals surface area contributed by atoms with Gasteiger partial charge in [-0.3, -0.25) is 0 Å². The Kier molecular flexibility index (Phi) is 5.06. The van der Waals surface area contributed by atoms with Gasteiger partial charge in [-0.15, -0.1) is 0 Å². The van der Waals surface area contributed by atoms with Crippen LogP contribution in [0.3, 0.4) is 0 Å². The first kappa shape index (κ1) is 17.5. The molecule has 0 unspecified atom stereocenters. The minimum atomic E-state index is 0.613. The lowest BCUT2D eigenvalue weighted by atomic mass is 9.97. The fraction of sp³-hybridized carbons (Fsp3) is 0.240. The molecule has 2 nitrogen and oxygen atoms in total. The van der Waals surface area contributed by atoms with E-state index in [-0.39, 0.29) is 0 Å². The molecule has 0 N–H and O–H groups in total. The Morgan fingerprint density at radius 3 is 2.26 bits per heavy atom. The summed E-state index contributed by atoms with van der Waals surface area (Å²) in [6.07, 6.45) is 2.02. The molecule has 0 saturated heterocycles. The number of imidazole rings is 1. The van der Waals surface area contributed by atoms with Crippen molar-refractivity contribution in [3.8, 4) is 0 Å². The van der Waals surface area contributed by atoms with Gasteiger partial charge in [-0.25, -0.2) is 4.98 Å². The Morgan fingerprint density at radius 2 is 1.52 bits per heavy atom. The van der Waals surface area contributed by atoms with Crippen molar-refractivity contribution in [3.63, 3.8) is 0 Å². The smallest absolute Gasteiger partial charge is 0.114 e. The molecule has 136 valence electrons. The summed E-state index contributed by atoms with van der Waals surface area (Å²) in [5, 5.41) is 0. The molecule has 1 aromatic heterocycles. The highest BCUT2D eigenvalue weighted by Crippen LogP contribution is 2.22. The third-order valence-electron chi connectivity index (χ3n) is 5.44. The van der Waals surface area contributed by atoms with Crippen molar-refractivity contribution in [1.82, 2.24) is 9.55 Å². The molecule has 1 atom stereocenters. The molecule has 1 heterocycles. The van der Waals surface area contributed by atoms with Crippen LogP contribution in [0.15, 0.2) is 78.9 Å². The maximum atomic E-state index is 4.93. The Morgan fingerprint density at radius 1 is 0.815 bits per heavy atom. The van der Waals surface area contributed by atoms with Crippen molar-refractivity contribution in [3.05, 3.63) is 101 Å². The highest BCUT2D eigenvalue weighted by Gasteiger charge is 2.12. The number of hydrogen-bond acceptors (Lipinski definition) is 1. The van der Waals surface area contributed by atoms with Crippen LogP contribution in [-0.4, -0.2) is 9.55 Å². The zero-order valence-corrected chi connectivity index (χ0v) is 16.1. The Bertz CT molecular complexity index is 1010. The van der Waals surface area contributed by atoms with Gasteiger partial charge in [-0.1, -0.05) is 80.6 Å². The molecule has 0 saturated carbocycles. The van der Waals surface area contributed by atoms with Gasteiger partial charge < -0.3 is 4.57 Å². The van der Waals surface area contributed by atoms with Gasteiger partial charge in [0.25, 0.3) is 0 Å². The largest absolute Gasteiger partial charge is 0.323 e. The summed E-state index contributed by atoms with van der Waals surface area (Å²) in [4.78, 5) is 4.93. The van der Waals surface area contributed by atoms with E-state index in [0.29, 0.717) is 5.92 Å². The summed E-state index contributed by atoms with van der Waals surface area (Å²) >= 11 is 0. The van der Waals surface area contributed by atoms with E-state index in [2.05, 4.69) is 97.3 Å². The molecule has 4 aromatic rings. The van der Waals surface area contributed by atoms with Gasteiger partial charge in [-0.05, 0) is 41.2 Å². The van der Waals surface area contributed by atoms with Crippen LogP contribution < -0.4 is 0 Å². The second-order valence-corrected chi connectivity index (χ2v) is 7.32. The third-order valence-corrected chi connectivity index (χ3v) is 5.44. The van der Waals surface area contributed by atoms with Gasteiger partial charge in [-0.2, -0.15) is 0 Å². The number of fused-ring (bicyclic) bond motifs is 1. The molecule has 27 heavy (non-hydrogen) atoms. The SMILES string of the molecule is CC[C@H](C)c1ccc(Cn2c(Cc3ccccc3)nc3ccccc32)cc1. The molecule has 3 aromatic carbocycles. The molecular formula is C25H26N2. The van der Waals surface area contributed by atoms with E-state index >= 15 is 0 Å². The van der Waals surface area contributed by atoms with Crippen LogP contribution in [0.1, 0.15) is 48.7 Å². The van der Waals surface area contributed by atoms with Gasteiger partial charge in [0.1, 0.15) is 5.82 Å². The second kappa shape index (κ2) is 7.79. The zero-order chi connectivity index (χ0) is 18.6. The minimum absolute atomic E-state index is 0.613. The van der Waals surface area contributed by atoms with Crippen LogP contribution in [0.2, 0.25) is 0 Å². The fourth-order valence-electron chi connectivity index (χ4n) is 3.59. The molecule has 2 heteroatoms. The van der Waals surface area contributed by atoms with Crippen LogP contribution in [0.25, 0.3) is 11.0 Å². The number of nitrogens with zero attached hydrogens (tertiary/aromatic N) is 2. The highest BCUT2D eigenvalue weighted by molar-refractivity contribution is 5.76. The number of benzene rings is 3. The van der Waals surface area contributed by atoms with Gasteiger partial charge in [0.2, 0.25) is 0 Å². The summed E-state index contributed by atoms with van der Waals surface area (Å²) in [6.45, 7) is 5.38. The van der Waals surface area contributed by atoms with Crippen LogP contribution in [-0.2, 0) is 13.0 Å². The van der Waals surface area contributed by atoms with Gasteiger partial charge in [0.15, 0.2) is 0 Å². The zero-order valence-electron chi connectivity index (χ0n) is 16.1. The molecule has 0 amide bonds. The van der Waals surface area contributed by atoms with Gasteiger partial charge in [0, 0.05) is 13.0 Å². The van der Waals surface area contributed by atoms with E-state index in [0.717, 1.165) is 24.3 Å². The molecule has 0 spiro atoms. The van der Waals surface area contributed by atoms with E-state index in [4.69, 9.17) is 4.98 Å². The van der Waals surface area contributed by atoms with Crippen molar-refractivity contribution in [2.45, 2.75) is 39.2 Å². The molecule has 0 aliphatic rings. The van der Waals surface area contributed by atoms with E-state index in [9.17, 15) is 0 Å². The highest BCUT2D eigenvalue weighted by atomic mass is 15.1. The second-order valence-electron chi connectivity index (χ2n) is 7.32. The summed E-state index contributed by atoms with van der Waals surface area (Å²) in [6, 6.07) is 28.1. The Hall–Kier alpha value is -2.87. The summed E-state index contributed by atoms with van der Waals surface area (Å²) in [5.41, 5.74) is 6.30. The van der Waals surface area contributed by atoms with E-state index < -0.39 is 0 Å². The minimum Gasteiger partial charge on any atom is -0.323 e. The van der Waals surface area contributed by atoms with Crippen LogP contribution >= 0.6 is 0 Å². The maximum absolute atomic E-state index is 4.93. The lowest BCUT2D eigenvalue weighted by Crippen LogP contribution is -2.06. The van der Waals surface area contributed by atoms with Crippen LogP contribution in [0.5, 0.6) is 0 Å². The third kappa shape index (κ3) is 3.80. The Labute approximate surface area is 161 Å². The summed E-state index contributed by atoms with van der Waals surface area (Å²) in [5.74, 6) is 1.73. The molecular weight excluding hydrogens is 328 g/mol. The normalized spacial score (nSPS) is 12.4. The summed E-state index contributed by atoms with van der Waals surface area (Å²) < 4.78 is 2.36. The lowest BCUT2D eigenvalue weighted by Gasteiger charge is -2.12. The summed E-state index contributed by atoms with van der Waals surface area (Å²) in [7, 11) is 0. The number of para-hydroxylation sites is 2. The first-order valence-electron chi connectivity index (χ1n) is 9.81. The molecule has 0 fully saturated rings. The maximum Gasteiger partial charge on any atom is 0.114 e. The first-order valence-corrected chi connectivity index (χ1v) is 9.81. The van der Waals surface area contributed by atoms with Gasteiger partial charge in [0.05, 0.1) is 11.0 Å². The van der Waals surface area contributed by atoms with Crippen molar-refractivity contribution in [2.24, 2.45) is 0 Å². The van der Waals surface area contributed by atoms with Crippen molar-refractivity contribution >= 4 is 11.0 Å². The van der Waals surface area contributed by atoms with Crippen LogP contribution in [0.4, 0.5) is 0 Å². The number of rotatable bonds is 6. The predicted molar refractivity (Wildman–Crippen MR) is 113 cm³/mol. The topological polar surface area (TPSA) is 17.8 Å². The van der Waals surface area contributed by atoms with Crippen LogP contribution in [0, 0.1) is 0 Å². The fourth-order valence-corrected chi connectivity index (χ4v) is 3.59. The van der Waals surface area contributed by atoms with Gasteiger partial charge >= 0.3 is 0 Å². The molecule has 0 aliphatic heterocycles. The molecule has 0 radical (unpaired) electrons. The predicted octanol–water partition coefficient (Wildman–Crippen LogP) is 6.19. The average Bonchev–Trinajstić information content (AvgIpc) is 3.06. The van der Waals surface area contributed by atoms with E-state index in [1.54, 1.807) is 0 Å². The van der Waals surface area contributed by atoms with Crippen molar-refractivity contribution in [1.29, 1.82) is 0 Å².